The minimum absolute atomic E-state index is 0.131. The van der Waals surface area contributed by atoms with E-state index in [0.29, 0.717) is 11.6 Å². The van der Waals surface area contributed by atoms with Crippen LogP contribution in [0.3, 0.4) is 0 Å². The smallest absolute Gasteiger partial charge is 0.291 e. The molecule has 0 spiro atoms. The highest BCUT2D eigenvalue weighted by Crippen LogP contribution is 2.29. The average molecular weight is 447 g/mol. The van der Waals surface area contributed by atoms with Crippen LogP contribution in [0, 0.1) is 13.8 Å². The van der Waals surface area contributed by atoms with Gasteiger partial charge in [-0.1, -0.05) is 41.9 Å². The number of carbonyl (C=O) groups excluding carboxylic acids is 1. The summed E-state index contributed by atoms with van der Waals surface area (Å²) in [4.78, 5) is 21.9. The SMILES string of the molecule is Cc1cn2c(n1)C(NC(=O)c1ncn(Cc3c(C)cccc3Cl)n1)CCc1ccccc1-2. The van der Waals surface area contributed by atoms with Crippen molar-refractivity contribution >= 4 is 17.5 Å². The maximum Gasteiger partial charge on any atom is 0.291 e. The lowest BCUT2D eigenvalue weighted by atomic mass is 10.1. The first kappa shape index (κ1) is 20.5. The van der Waals surface area contributed by atoms with E-state index in [1.54, 1.807) is 11.0 Å². The molecule has 0 saturated heterocycles. The van der Waals surface area contributed by atoms with E-state index < -0.39 is 0 Å². The number of nitrogens with one attached hydrogen (secondary N) is 1. The van der Waals surface area contributed by atoms with Gasteiger partial charge in [0, 0.05) is 16.9 Å². The molecule has 1 aliphatic heterocycles. The number of nitrogens with zero attached hydrogens (tertiary/aromatic N) is 5. The van der Waals surface area contributed by atoms with Crippen LogP contribution in [-0.2, 0) is 13.0 Å². The second-order valence-corrected chi connectivity index (χ2v) is 8.51. The number of hydrogen-bond acceptors (Lipinski definition) is 4. The zero-order chi connectivity index (χ0) is 22.2. The summed E-state index contributed by atoms with van der Waals surface area (Å²) < 4.78 is 3.71. The molecular formula is C24H23ClN6O. The van der Waals surface area contributed by atoms with Gasteiger partial charge in [0.2, 0.25) is 5.82 Å². The first-order valence-electron chi connectivity index (χ1n) is 10.6. The number of aryl methyl sites for hydroxylation is 3. The van der Waals surface area contributed by atoms with Gasteiger partial charge in [0.1, 0.15) is 12.2 Å². The van der Waals surface area contributed by atoms with Gasteiger partial charge in [-0.2, -0.15) is 0 Å². The summed E-state index contributed by atoms with van der Waals surface area (Å²) in [6.45, 7) is 4.41. The molecular weight excluding hydrogens is 424 g/mol. The molecule has 0 saturated carbocycles. The van der Waals surface area contributed by atoms with Crippen LogP contribution in [-0.4, -0.2) is 30.2 Å². The Morgan fingerprint density at radius 1 is 1.19 bits per heavy atom. The van der Waals surface area contributed by atoms with Crippen molar-refractivity contribution in [3.05, 3.63) is 94.0 Å². The molecule has 1 atom stereocenters. The highest BCUT2D eigenvalue weighted by atomic mass is 35.5. The fraction of sp³-hybridized carbons (Fsp3) is 0.250. The molecule has 7 nitrogen and oxygen atoms in total. The Balaban J connectivity index is 1.37. The molecule has 1 amide bonds. The van der Waals surface area contributed by atoms with Crippen LogP contribution in [0.5, 0.6) is 0 Å². The number of amides is 1. The highest BCUT2D eigenvalue weighted by Gasteiger charge is 2.27. The van der Waals surface area contributed by atoms with Crippen molar-refractivity contribution in [3.63, 3.8) is 0 Å². The highest BCUT2D eigenvalue weighted by molar-refractivity contribution is 6.31. The van der Waals surface area contributed by atoms with Crippen molar-refractivity contribution in [2.75, 3.05) is 0 Å². The molecule has 32 heavy (non-hydrogen) atoms. The van der Waals surface area contributed by atoms with Gasteiger partial charge in [-0.3, -0.25) is 4.79 Å². The minimum Gasteiger partial charge on any atom is -0.339 e. The standard InChI is InChI=1S/C24H23ClN6O/c1-15-6-5-8-19(25)18(15)13-30-14-26-22(29-30)24(32)28-20-11-10-17-7-3-4-9-21(17)31-12-16(2)27-23(20)31/h3-9,12,14,20H,10-11,13H2,1-2H3,(H,28,32). The normalized spacial score (nSPS) is 15.0. The number of para-hydroxylation sites is 1. The molecule has 0 radical (unpaired) electrons. The van der Waals surface area contributed by atoms with Crippen LogP contribution in [0.4, 0.5) is 0 Å². The molecule has 1 N–H and O–H groups in total. The molecule has 0 aliphatic carbocycles. The quantitative estimate of drug-likeness (QED) is 0.509. The van der Waals surface area contributed by atoms with Gasteiger partial charge in [0.15, 0.2) is 0 Å². The molecule has 5 rings (SSSR count). The Morgan fingerprint density at radius 3 is 2.88 bits per heavy atom. The van der Waals surface area contributed by atoms with Crippen LogP contribution in [0.25, 0.3) is 5.69 Å². The molecule has 0 fully saturated rings. The third-order valence-corrected chi connectivity index (χ3v) is 6.19. The van der Waals surface area contributed by atoms with Crippen LogP contribution in [0.2, 0.25) is 5.02 Å². The van der Waals surface area contributed by atoms with Gasteiger partial charge in [-0.25, -0.2) is 14.6 Å². The largest absolute Gasteiger partial charge is 0.339 e. The van der Waals surface area contributed by atoms with Gasteiger partial charge >= 0.3 is 0 Å². The zero-order valence-electron chi connectivity index (χ0n) is 17.9. The van der Waals surface area contributed by atoms with Crippen molar-refractivity contribution in [2.24, 2.45) is 0 Å². The fourth-order valence-corrected chi connectivity index (χ4v) is 4.49. The van der Waals surface area contributed by atoms with Crippen molar-refractivity contribution in [3.8, 4) is 5.69 Å². The Bertz CT molecular complexity index is 1290. The number of aromatic nitrogens is 5. The molecule has 2 aromatic carbocycles. The van der Waals surface area contributed by atoms with E-state index in [4.69, 9.17) is 16.6 Å². The number of rotatable bonds is 4. The van der Waals surface area contributed by atoms with E-state index >= 15 is 0 Å². The maximum absolute atomic E-state index is 13.0. The van der Waals surface area contributed by atoms with Gasteiger partial charge in [0.05, 0.1) is 18.3 Å². The monoisotopic (exact) mass is 446 g/mol. The molecule has 0 bridgehead atoms. The number of carbonyl (C=O) groups is 1. The third-order valence-electron chi connectivity index (χ3n) is 5.84. The Labute approximate surface area is 191 Å². The van der Waals surface area contributed by atoms with Gasteiger partial charge in [-0.05, 0) is 55.5 Å². The average Bonchev–Trinajstić information content (AvgIpc) is 3.38. The van der Waals surface area contributed by atoms with Crippen LogP contribution < -0.4 is 5.32 Å². The number of imidazole rings is 1. The second-order valence-electron chi connectivity index (χ2n) is 8.10. The molecule has 1 aliphatic rings. The van der Waals surface area contributed by atoms with Crippen LogP contribution in [0.15, 0.2) is 55.0 Å². The number of halogens is 1. The minimum atomic E-state index is -0.317. The summed E-state index contributed by atoms with van der Waals surface area (Å²) in [6, 6.07) is 13.8. The lowest BCUT2D eigenvalue weighted by molar-refractivity contribution is 0.0922. The zero-order valence-corrected chi connectivity index (χ0v) is 18.7. The Morgan fingerprint density at radius 2 is 2.03 bits per heavy atom. The summed E-state index contributed by atoms with van der Waals surface area (Å²) in [5.41, 5.74) is 5.29. The van der Waals surface area contributed by atoms with Crippen LogP contribution in [0.1, 0.15) is 51.3 Å². The summed E-state index contributed by atoms with van der Waals surface area (Å²) in [7, 11) is 0. The molecule has 1 unspecified atom stereocenters. The molecule has 3 heterocycles. The fourth-order valence-electron chi connectivity index (χ4n) is 4.20. The third kappa shape index (κ3) is 3.80. The van der Waals surface area contributed by atoms with E-state index in [2.05, 4.69) is 32.1 Å². The van der Waals surface area contributed by atoms with E-state index in [1.807, 2.05) is 50.4 Å². The maximum atomic E-state index is 13.0. The van der Waals surface area contributed by atoms with E-state index in [9.17, 15) is 4.79 Å². The second kappa shape index (κ2) is 8.24. The van der Waals surface area contributed by atoms with Crippen molar-refractivity contribution in [1.29, 1.82) is 0 Å². The van der Waals surface area contributed by atoms with E-state index in [1.165, 1.54) is 5.56 Å². The predicted molar refractivity (Wildman–Crippen MR) is 122 cm³/mol. The van der Waals surface area contributed by atoms with E-state index in [0.717, 1.165) is 41.2 Å². The number of fused-ring (bicyclic) bond motifs is 3. The lowest BCUT2D eigenvalue weighted by Gasteiger charge is -2.15. The summed E-state index contributed by atoms with van der Waals surface area (Å²) in [5, 5.41) is 8.15. The lowest BCUT2D eigenvalue weighted by Crippen LogP contribution is -2.31. The number of benzene rings is 2. The molecule has 8 heteroatoms. The van der Waals surface area contributed by atoms with Gasteiger partial charge in [-0.15, -0.1) is 5.10 Å². The first-order valence-corrected chi connectivity index (χ1v) is 11.0. The molecule has 2 aromatic heterocycles. The van der Waals surface area contributed by atoms with Crippen molar-refractivity contribution in [2.45, 2.75) is 39.3 Å². The topological polar surface area (TPSA) is 77.6 Å². The number of hydrogen-bond donors (Lipinski definition) is 1. The first-order chi connectivity index (χ1) is 15.5. The summed E-state index contributed by atoms with van der Waals surface area (Å²) in [6.07, 6.45) is 5.17. The summed E-state index contributed by atoms with van der Waals surface area (Å²) in [5.74, 6) is 0.640. The molecule has 4 aromatic rings. The van der Waals surface area contributed by atoms with Crippen LogP contribution >= 0.6 is 11.6 Å². The van der Waals surface area contributed by atoms with Crippen molar-refractivity contribution < 1.29 is 4.79 Å². The predicted octanol–water partition coefficient (Wildman–Crippen LogP) is 4.20. The Hall–Kier alpha value is -3.45. The van der Waals surface area contributed by atoms with Crippen molar-refractivity contribution in [1.82, 2.24) is 29.6 Å². The molecule has 162 valence electrons. The van der Waals surface area contributed by atoms with E-state index in [-0.39, 0.29) is 17.8 Å². The van der Waals surface area contributed by atoms with Gasteiger partial charge in [0.25, 0.3) is 5.91 Å². The van der Waals surface area contributed by atoms with Gasteiger partial charge < -0.3 is 9.88 Å². The summed E-state index contributed by atoms with van der Waals surface area (Å²) >= 11 is 6.33. The Kier molecular flexibility index (Phi) is 5.27.